The number of hydrogen-bond donors (Lipinski definition) is 3. The number of ether oxygens (including phenoxy) is 1. The van der Waals surface area contributed by atoms with Gasteiger partial charge in [0.15, 0.2) is 0 Å². The van der Waals surface area contributed by atoms with Crippen molar-refractivity contribution in [3.8, 4) is 0 Å². The predicted octanol–water partition coefficient (Wildman–Crippen LogP) is 0.571. The first-order chi connectivity index (χ1) is 10.6. The first-order valence-electron chi connectivity index (χ1n) is 7.35. The number of morpholine rings is 1. The topological polar surface area (TPSA) is 73.8 Å². The van der Waals surface area contributed by atoms with Gasteiger partial charge in [-0.3, -0.25) is 4.79 Å². The number of benzene rings is 1. The van der Waals surface area contributed by atoms with E-state index in [0.29, 0.717) is 37.7 Å². The second-order valence-electron chi connectivity index (χ2n) is 5.24. The molecule has 22 heavy (non-hydrogen) atoms. The second kappa shape index (κ2) is 7.95. The van der Waals surface area contributed by atoms with Gasteiger partial charge in [0.1, 0.15) is 5.82 Å². The third kappa shape index (κ3) is 4.85. The van der Waals surface area contributed by atoms with E-state index in [-0.39, 0.29) is 24.8 Å². The van der Waals surface area contributed by atoms with E-state index in [4.69, 9.17) is 4.74 Å². The van der Waals surface area contributed by atoms with Gasteiger partial charge in [0.2, 0.25) is 5.91 Å². The summed E-state index contributed by atoms with van der Waals surface area (Å²) in [6.45, 7) is 4.36. The number of hydrogen-bond acceptors (Lipinski definition) is 5. The smallest absolute Gasteiger partial charge is 0.216 e. The number of carbonyl (C=O) groups excluding carboxylic acids is 1. The van der Waals surface area contributed by atoms with Crippen molar-refractivity contribution in [1.29, 1.82) is 0 Å². The maximum Gasteiger partial charge on any atom is 0.216 e. The molecule has 0 radical (unpaired) electrons. The molecular weight excluding hydrogens is 289 g/mol. The normalized spacial score (nSPS) is 16.2. The Balaban J connectivity index is 1.87. The van der Waals surface area contributed by atoms with E-state index in [0.717, 1.165) is 0 Å². The van der Waals surface area contributed by atoms with Gasteiger partial charge in [-0.1, -0.05) is 0 Å². The first kappa shape index (κ1) is 16.5. The molecule has 0 bridgehead atoms. The van der Waals surface area contributed by atoms with Crippen LogP contribution in [0.2, 0.25) is 0 Å². The number of halogens is 1. The average Bonchev–Trinajstić information content (AvgIpc) is 2.52. The van der Waals surface area contributed by atoms with E-state index in [1.165, 1.54) is 13.0 Å². The quantitative estimate of drug-likeness (QED) is 0.716. The van der Waals surface area contributed by atoms with Crippen LogP contribution in [0.3, 0.4) is 0 Å². The maximum atomic E-state index is 14.2. The number of carbonyl (C=O) groups is 1. The Bertz CT molecular complexity index is 507. The van der Waals surface area contributed by atoms with Crippen molar-refractivity contribution in [2.75, 3.05) is 49.6 Å². The lowest BCUT2D eigenvalue weighted by atomic mass is 10.2. The highest BCUT2D eigenvalue weighted by atomic mass is 19.1. The molecule has 1 heterocycles. The number of nitrogens with one attached hydrogen (secondary N) is 2. The Morgan fingerprint density at radius 2 is 2.14 bits per heavy atom. The standard InChI is InChI=1S/C15H22FN3O3/c1-11(20)17-9-13(21)10-18-12-2-3-15(14(16)8-12)19-4-6-22-7-5-19/h2-3,8,13,18,21H,4-7,9-10H2,1H3,(H,17,20)/t13-/m0/s1. The van der Waals surface area contributed by atoms with Gasteiger partial charge in [-0.25, -0.2) is 4.39 Å². The van der Waals surface area contributed by atoms with Crippen molar-refractivity contribution < 1.29 is 19.0 Å². The SMILES string of the molecule is CC(=O)NC[C@H](O)CNc1ccc(N2CCOCC2)c(F)c1. The Hall–Kier alpha value is -1.86. The van der Waals surface area contributed by atoms with Gasteiger partial charge in [-0.05, 0) is 18.2 Å². The van der Waals surface area contributed by atoms with Gasteiger partial charge in [-0.15, -0.1) is 0 Å². The molecule has 1 aromatic carbocycles. The van der Waals surface area contributed by atoms with E-state index in [1.54, 1.807) is 12.1 Å². The average molecular weight is 311 g/mol. The number of rotatable bonds is 6. The zero-order valence-electron chi connectivity index (χ0n) is 12.6. The monoisotopic (exact) mass is 311 g/mol. The lowest BCUT2D eigenvalue weighted by molar-refractivity contribution is -0.119. The zero-order chi connectivity index (χ0) is 15.9. The lowest BCUT2D eigenvalue weighted by Crippen LogP contribution is -2.36. The summed E-state index contributed by atoms with van der Waals surface area (Å²) >= 11 is 0. The summed E-state index contributed by atoms with van der Waals surface area (Å²) in [5.74, 6) is -0.497. The minimum absolute atomic E-state index is 0.163. The maximum absolute atomic E-state index is 14.2. The molecule has 0 aromatic heterocycles. The number of nitrogens with zero attached hydrogens (tertiary/aromatic N) is 1. The van der Waals surface area contributed by atoms with Crippen LogP contribution in [0.4, 0.5) is 15.8 Å². The van der Waals surface area contributed by atoms with E-state index >= 15 is 0 Å². The molecule has 1 atom stereocenters. The van der Waals surface area contributed by atoms with Crippen LogP contribution in [0, 0.1) is 5.82 Å². The van der Waals surface area contributed by atoms with Crippen LogP contribution < -0.4 is 15.5 Å². The van der Waals surface area contributed by atoms with Crippen LogP contribution in [0.25, 0.3) is 0 Å². The Labute approximate surface area is 129 Å². The molecule has 0 spiro atoms. The van der Waals surface area contributed by atoms with Gasteiger partial charge in [0, 0.05) is 38.8 Å². The summed E-state index contributed by atoms with van der Waals surface area (Å²) in [4.78, 5) is 12.7. The fourth-order valence-electron chi connectivity index (χ4n) is 2.25. The lowest BCUT2D eigenvalue weighted by Gasteiger charge is -2.29. The van der Waals surface area contributed by atoms with Gasteiger partial charge < -0.3 is 25.4 Å². The summed E-state index contributed by atoms with van der Waals surface area (Å²) in [7, 11) is 0. The van der Waals surface area contributed by atoms with Crippen molar-refractivity contribution >= 4 is 17.3 Å². The highest BCUT2D eigenvalue weighted by Gasteiger charge is 2.15. The number of aliphatic hydroxyl groups is 1. The molecule has 1 aliphatic heterocycles. The third-order valence-electron chi connectivity index (χ3n) is 3.43. The molecule has 0 unspecified atom stereocenters. The molecular formula is C15H22FN3O3. The summed E-state index contributed by atoms with van der Waals surface area (Å²) < 4.78 is 19.4. The third-order valence-corrected chi connectivity index (χ3v) is 3.43. The van der Waals surface area contributed by atoms with Crippen molar-refractivity contribution in [3.05, 3.63) is 24.0 Å². The van der Waals surface area contributed by atoms with Crippen LogP contribution in [0.1, 0.15) is 6.92 Å². The van der Waals surface area contributed by atoms with Gasteiger partial charge in [0.25, 0.3) is 0 Å². The first-order valence-corrected chi connectivity index (χ1v) is 7.35. The van der Waals surface area contributed by atoms with Gasteiger partial charge in [-0.2, -0.15) is 0 Å². The Morgan fingerprint density at radius 3 is 2.77 bits per heavy atom. The molecule has 1 amide bonds. The number of amides is 1. The number of aliphatic hydroxyl groups excluding tert-OH is 1. The van der Waals surface area contributed by atoms with Crippen LogP contribution in [0.15, 0.2) is 18.2 Å². The minimum atomic E-state index is -0.731. The molecule has 1 aliphatic rings. The van der Waals surface area contributed by atoms with E-state index in [9.17, 15) is 14.3 Å². The summed E-state index contributed by atoms with van der Waals surface area (Å²) in [5, 5.41) is 15.2. The van der Waals surface area contributed by atoms with Crippen LogP contribution in [0.5, 0.6) is 0 Å². The molecule has 6 nitrogen and oxygen atoms in total. The van der Waals surface area contributed by atoms with Gasteiger partial charge >= 0.3 is 0 Å². The second-order valence-corrected chi connectivity index (χ2v) is 5.24. The van der Waals surface area contributed by atoms with E-state index in [2.05, 4.69) is 10.6 Å². The van der Waals surface area contributed by atoms with Crippen LogP contribution >= 0.6 is 0 Å². The fraction of sp³-hybridized carbons (Fsp3) is 0.533. The Morgan fingerprint density at radius 1 is 1.41 bits per heavy atom. The highest BCUT2D eigenvalue weighted by molar-refractivity contribution is 5.72. The largest absolute Gasteiger partial charge is 0.389 e. The molecule has 1 aromatic rings. The molecule has 3 N–H and O–H groups in total. The zero-order valence-corrected chi connectivity index (χ0v) is 12.6. The molecule has 7 heteroatoms. The fourth-order valence-corrected chi connectivity index (χ4v) is 2.25. The van der Waals surface area contributed by atoms with Crippen LogP contribution in [-0.2, 0) is 9.53 Å². The van der Waals surface area contributed by atoms with Crippen molar-refractivity contribution in [1.82, 2.24) is 5.32 Å². The molecule has 1 fully saturated rings. The van der Waals surface area contributed by atoms with Crippen molar-refractivity contribution in [2.45, 2.75) is 13.0 Å². The summed E-state index contributed by atoms with van der Waals surface area (Å²) in [5.41, 5.74) is 1.16. The Kier molecular flexibility index (Phi) is 5.97. The minimum Gasteiger partial charge on any atom is -0.389 e. The van der Waals surface area contributed by atoms with E-state index in [1.807, 2.05) is 4.90 Å². The molecule has 2 rings (SSSR count). The molecule has 0 saturated carbocycles. The van der Waals surface area contributed by atoms with Crippen molar-refractivity contribution in [2.24, 2.45) is 0 Å². The van der Waals surface area contributed by atoms with Gasteiger partial charge in [0.05, 0.1) is 25.0 Å². The highest BCUT2D eigenvalue weighted by Crippen LogP contribution is 2.23. The molecule has 1 saturated heterocycles. The summed E-state index contributed by atoms with van der Waals surface area (Å²) in [6.07, 6.45) is -0.731. The summed E-state index contributed by atoms with van der Waals surface area (Å²) in [6, 6.07) is 4.91. The van der Waals surface area contributed by atoms with E-state index < -0.39 is 6.10 Å². The number of anilines is 2. The predicted molar refractivity (Wildman–Crippen MR) is 82.6 cm³/mol. The molecule has 122 valence electrons. The van der Waals surface area contributed by atoms with Crippen molar-refractivity contribution in [3.63, 3.8) is 0 Å². The molecule has 0 aliphatic carbocycles. The van der Waals surface area contributed by atoms with Crippen LogP contribution in [-0.4, -0.2) is 56.5 Å².